The van der Waals surface area contributed by atoms with Gasteiger partial charge in [0.2, 0.25) is 0 Å². The molecule has 0 spiro atoms. The van der Waals surface area contributed by atoms with E-state index in [2.05, 4.69) is 13.8 Å². The van der Waals surface area contributed by atoms with Crippen molar-refractivity contribution in [2.45, 2.75) is 38.0 Å². The van der Waals surface area contributed by atoms with E-state index >= 15 is 0 Å². The molecule has 0 saturated carbocycles. The monoisotopic (exact) mass is 190 g/mol. The fourth-order valence-electron chi connectivity index (χ4n) is 1.01. The van der Waals surface area contributed by atoms with Gasteiger partial charge in [-0.05, 0) is 12.1 Å². The third-order valence-electron chi connectivity index (χ3n) is 1.78. The minimum Gasteiger partial charge on any atom is -0.382 e. The first-order valence-electron chi connectivity index (χ1n) is 4.99. The molecule has 0 aliphatic heterocycles. The van der Waals surface area contributed by atoms with Gasteiger partial charge in [-0.25, -0.2) is 0 Å². The molecule has 0 heterocycles. The molecule has 0 radical (unpaired) electrons. The van der Waals surface area contributed by atoms with Gasteiger partial charge in [-0.2, -0.15) is 0 Å². The van der Waals surface area contributed by atoms with Crippen LogP contribution in [0.1, 0.15) is 13.8 Å². The third kappa shape index (κ3) is 10.4. The van der Waals surface area contributed by atoms with E-state index in [1.165, 1.54) is 24.2 Å². The molecule has 0 aliphatic carbocycles. The lowest BCUT2D eigenvalue weighted by molar-refractivity contribution is 0.161. The van der Waals surface area contributed by atoms with Gasteiger partial charge in [0.05, 0.1) is 0 Å². The number of hydrogen-bond acceptors (Lipinski definition) is 1. The molecule has 0 saturated heterocycles. The average Bonchev–Trinajstić information content (AvgIpc) is 2.03. The Labute approximate surface area is 75.6 Å². The molecule has 0 unspecified atom stereocenters. The van der Waals surface area contributed by atoms with E-state index in [-0.39, 0.29) is 19.0 Å². The molecule has 0 aromatic rings. The summed E-state index contributed by atoms with van der Waals surface area (Å²) in [5.74, 6) is 0. The molecule has 0 aliphatic rings. The minimum atomic E-state index is 0.269. The van der Waals surface area contributed by atoms with E-state index in [9.17, 15) is 0 Å². The summed E-state index contributed by atoms with van der Waals surface area (Å²) in [5, 5.41) is 0. The number of ether oxygens (including phenoxy) is 1. The molecule has 1 nitrogen and oxygen atoms in total. The Hall–Kier alpha value is 0.394. The molecule has 0 aromatic carbocycles. The molecule has 11 heavy (non-hydrogen) atoms. The van der Waals surface area contributed by atoms with Crippen molar-refractivity contribution in [3.05, 3.63) is 0 Å². The first-order valence-corrected chi connectivity index (χ1v) is 8.99. The van der Waals surface area contributed by atoms with E-state index in [1.54, 1.807) is 0 Å². The summed E-state index contributed by atoms with van der Waals surface area (Å²) in [6.07, 6.45) is 0. The van der Waals surface area contributed by atoms with Crippen LogP contribution in [0.3, 0.4) is 0 Å². The van der Waals surface area contributed by atoms with Crippen molar-refractivity contribution in [2.24, 2.45) is 0 Å². The molecule has 0 amide bonds. The van der Waals surface area contributed by atoms with Crippen LogP contribution in [0.5, 0.6) is 0 Å². The third-order valence-corrected chi connectivity index (χ3v) is 4.78. The quantitative estimate of drug-likeness (QED) is 0.411. The van der Waals surface area contributed by atoms with Crippen LogP contribution < -0.4 is 0 Å². The fraction of sp³-hybridized carbons (Fsp3) is 1.00. The second-order valence-electron chi connectivity index (χ2n) is 3.03. The minimum absolute atomic E-state index is 0.269. The molecular weight excluding hydrogens is 168 g/mol. The van der Waals surface area contributed by atoms with Crippen LogP contribution in [-0.4, -0.2) is 32.3 Å². The molecular formula is C8H22OSi2. The van der Waals surface area contributed by atoms with Gasteiger partial charge in [0.25, 0.3) is 0 Å². The highest BCUT2D eigenvalue weighted by atomic mass is 28.2. The Balaban J connectivity index is 2.69. The molecule has 3 heteroatoms. The largest absolute Gasteiger partial charge is 0.382 e. The van der Waals surface area contributed by atoms with Crippen LogP contribution in [0.2, 0.25) is 24.2 Å². The van der Waals surface area contributed by atoms with Crippen LogP contribution >= 0.6 is 0 Å². The van der Waals surface area contributed by atoms with Gasteiger partial charge in [-0.1, -0.05) is 25.9 Å². The Kier molecular flexibility index (Phi) is 10.8. The lowest BCUT2D eigenvalue weighted by Crippen LogP contribution is -2.01. The van der Waals surface area contributed by atoms with E-state index in [1.807, 2.05) is 0 Å². The zero-order valence-electron chi connectivity index (χ0n) is 8.07. The van der Waals surface area contributed by atoms with Crippen molar-refractivity contribution in [1.29, 1.82) is 0 Å². The van der Waals surface area contributed by atoms with Crippen molar-refractivity contribution in [1.82, 2.24) is 0 Å². The fourth-order valence-corrected chi connectivity index (χ4v) is 2.83. The van der Waals surface area contributed by atoms with Crippen LogP contribution in [0.15, 0.2) is 0 Å². The van der Waals surface area contributed by atoms with Crippen LogP contribution in [0.4, 0.5) is 0 Å². The van der Waals surface area contributed by atoms with Crippen molar-refractivity contribution in [3.63, 3.8) is 0 Å². The summed E-state index contributed by atoms with van der Waals surface area (Å²) >= 11 is 0. The summed E-state index contributed by atoms with van der Waals surface area (Å²) in [4.78, 5) is 0. The van der Waals surface area contributed by atoms with E-state index in [0.717, 1.165) is 13.2 Å². The standard InChI is InChI=1S/C8H22OSi2/c1-3-10-7-5-9-6-8-11-4-2/h3-8,10-11H2,1-2H3. The van der Waals surface area contributed by atoms with Crippen molar-refractivity contribution >= 4 is 19.0 Å². The highest BCUT2D eigenvalue weighted by Crippen LogP contribution is 1.89. The van der Waals surface area contributed by atoms with Crippen molar-refractivity contribution < 1.29 is 4.74 Å². The molecule has 0 aromatic heterocycles. The molecule has 0 rings (SSSR count). The molecule has 68 valence electrons. The van der Waals surface area contributed by atoms with Gasteiger partial charge in [0, 0.05) is 32.3 Å². The predicted octanol–water partition coefficient (Wildman–Crippen LogP) is 1.05. The lowest BCUT2D eigenvalue weighted by atomic mass is 10.8. The molecule has 0 atom stereocenters. The Morgan fingerprint density at radius 1 is 0.909 bits per heavy atom. The molecule has 0 N–H and O–H groups in total. The highest BCUT2D eigenvalue weighted by Gasteiger charge is 1.89. The summed E-state index contributed by atoms with van der Waals surface area (Å²) < 4.78 is 5.51. The summed E-state index contributed by atoms with van der Waals surface area (Å²) in [5.41, 5.74) is 0. The van der Waals surface area contributed by atoms with Crippen molar-refractivity contribution in [2.75, 3.05) is 13.2 Å². The van der Waals surface area contributed by atoms with Gasteiger partial charge < -0.3 is 4.74 Å². The maximum absolute atomic E-state index is 5.51. The second-order valence-corrected chi connectivity index (χ2v) is 7.86. The maximum Gasteiger partial charge on any atom is 0.0437 e. The van der Waals surface area contributed by atoms with Gasteiger partial charge >= 0.3 is 0 Å². The molecule has 0 bridgehead atoms. The average molecular weight is 190 g/mol. The zero-order chi connectivity index (χ0) is 8.36. The Morgan fingerprint density at radius 3 is 1.73 bits per heavy atom. The maximum atomic E-state index is 5.51. The predicted molar refractivity (Wildman–Crippen MR) is 58.5 cm³/mol. The van der Waals surface area contributed by atoms with Gasteiger partial charge in [0.15, 0.2) is 0 Å². The van der Waals surface area contributed by atoms with E-state index in [4.69, 9.17) is 4.74 Å². The highest BCUT2D eigenvalue weighted by molar-refractivity contribution is 6.35. The summed E-state index contributed by atoms with van der Waals surface area (Å²) in [6.45, 7) is 6.68. The van der Waals surface area contributed by atoms with Crippen LogP contribution in [0, 0.1) is 0 Å². The first kappa shape index (κ1) is 11.4. The number of rotatable bonds is 8. The topological polar surface area (TPSA) is 9.23 Å². The van der Waals surface area contributed by atoms with Crippen LogP contribution in [0.25, 0.3) is 0 Å². The van der Waals surface area contributed by atoms with Gasteiger partial charge in [-0.15, -0.1) is 0 Å². The molecule has 0 fully saturated rings. The smallest absolute Gasteiger partial charge is 0.0437 e. The zero-order valence-corrected chi connectivity index (χ0v) is 10.9. The SMILES string of the molecule is CC[SiH2]CCOCC[SiH2]CC. The number of hydrogen-bond donors (Lipinski definition) is 0. The second kappa shape index (κ2) is 10.4. The summed E-state index contributed by atoms with van der Waals surface area (Å²) in [6, 6.07) is 5.66. The van der Waals surface area contributed by atoms with E-state index < -0.39 is 0 Å². The van der Waals surface area contributed by atoms with Crippen LogP contribution in [-0.2, 0) is 4.74 Å². The van der Waals surface area contributed by atoms with Crippen molar-refractivity contribution in [3.8, 4) is 0 Å². The Morgan fingerprint density at radius 2 is 1.36 bits per heavy atom. The summed E-state index contributed by atoms with van der Waals surface area (Å²) in [7, 11) is 0.537. The van der Waals surface area contributed by atoms with Gasteiger partial charge in [0.1, 0.15) is 0 Å². The normalized spacial score (nSPS) is 12.5. The van der Waals surface area contributed by atoms with E-state index in [0.29, 0.717) is 0 Å². The lowest BCUT2D eigenvalue weighted by Gasteiger charge is -2.01. The Bertz CT molecular complexity index is 61.1. The first-order chi connectivity index (χ1) is 5.41. The van der Waals surface area contributed by atoms with Gasteiger partial charge in [-0.3, -0.25) is 0 Å².